The van der Waals surface area contributed by atoms with Gasteiger partial charge in [0.15, 0.2) is 5.92 Å². The van der Waals surface area contributed by atoms with Gasteiger partial charge in [-0.3, -0.25) is 9.59 Å². The minimum Gasteiger partial charge on any atom is -0.465 e. The lowest BCUT2D eigenvalue weighted by Crippen LogP contribution is -2.26. The average molecular weight is 229 g/mol. The van der Waals surface area contributed by atoms with Crippen LogP contribution in [0.3, 0.4) is 0 Å². The molecule has 0 amide bonds. The van der Waals surface area contributed by atoms with Crippen LogP contribution in [-0.2, 0) is 19.1 Å². The Morgan fingerprint density at radius 1 is 1.00 bits per heavy atom. The first-order chi connectivity index (χ1) is 7.63. The molecule has 0 spiro atoms. The van der Waals surface area contributed by atoms with Crippen LogP contribution in [0.5, 0.6) is 0 Å². The number of hydrogen-bond donors (Lipinski definition) is 0. The molecule has 0 atom stereocenters. The van der Waals surface area contributed by atoms with Crippen molar-refractivity contribution in [2.45, 2.75) is 39.5 Å². The summed E-state index contributed by atoms with van der Waals surface area (Å²) in [5, 5.41) is 0. The average Bonchev–Trinajstić information content (AvgIpc) is 2.28. The lowest BCUT2D eigenvalue weighted by molar-refractivity contribution is -0.159. The number of ether oxygens (including phenoxy) is 2. The number of hydrogen-bond acceptors (Lipinski definition) is 4. The van der Waals surface area contributed by atoms with Gasteiger partial charge in [0.25, 0.3) is 0 Å². The Balaban J connectivity index is 3.78. The molecule has 4 heteroatoms. The van der Waals surface area contributed by atoms with Gasteiger partial charge in [-0.05, 0) is 19.8 Å². The topological polar surface area (TPSA) is 52.6 Å². The molecule has 1 radical (unpaired) electrons. The molecule has 0 aromatic heterocycles. The molecule has 0 unspecified atom stereocenters. The molecule has 0 fully saturated rings. The van der Waals surface area contributed by atoms with E-state index in [-0.39, 0.29) is 0 Å². The molecule has 0 aromatic carbocycles. The Morgan fingerprint density at radius 2 is 1.38 bits per heavy atom. The van der Waals surface area contributed by atoms with Crippen LogP contribution in [0, 0.1) is 12.8 Å². The molecule has 0 aliphatic carbocycles. The van der Waals surface area contributed by atoms with E-state index in [0.29, 0.717) is 13.2 Å². The van der Waals surface area contributed by atoms with Crippen molar-refractivity contribution in [2.75, 3.05) is 13.2 Å². The molecule has 0 aliphatic heterocycles. The van der Waals surface area contributed by atoms with Gasteiger partial charge in [0.1, 0.15) is 0 Å². The molecule has 0 N–H and O–H groups in total. The predicted molar refractivity (Wildman–Crippen MR) is 60.6 cm³/mol. The van der Waals surface area contributed by atoms with Gasteiger partial charge in [-0.15, -0.1) is 0 Å². The van der Waals surface area contributed by atoms with Crippen LogP contribution < -0.4 is 0 Å². The Labute approximate surface area is 97.3 Å². The third kappa shape index (κ3) is 6.43. The SMILES string of the molecule is [CH2]C(C(=O)OCCCC)C(=O)OCCCC. The summed E-state index contributed by atoms with van der Waals surface area (Å²) in [7, 11) is 0. The maximum absolute atomic E-state index is 11.3. The normalized spacial score (nSPS) is 10.2. The number of rotatable bonds is 8. The Kier molecular flexibility index (Phi) is 8.58. The summed E-state index contributed by atoms with van der Waals surface area (Å²) in [6.45, 7) is 8.11. The molecule has 93 valence electrons. The van der Waals surface area contributed by atoms with E-state index in [1.54, 1.807) is 0 Å². The molecular formula is C12H21O4. The highest BCUT2D eigenvalue weighted by molar-refractivity contribution is 5.95. The molecule has 0 aromatic rings. The predicted octanol–water partition coefficient (Wildman–Crippen LogP) is 2.12. The van der Waals surface area contributed by atoms with Gasteiger partial charge in [-0.1, -0.05) is 26.7 Å². The van der Waals surface area contributed by atoms with Crippen LogP contribution in [0.25, 0.3) is 0 Å². The van der Waals surface area contributed by atoms with E-state index in [0.717, 1.165) is 25.7 Å². The van der Waals surface area contributed by atoms with Crippen molar-refractivity contribution in [2.24, 2.45) is 5.92 Å². The standard InChI is InChI=1S/C12H21O4/c1-4-6-8-15-11(13)10(3)12(14)16-9-7-5-2/h10H,3-9H2,1-2H3. The zero-order chi connectivity index (χ0) is 12.4. The van der Waals surface area contributed by atoms with E-state index < -0.39 is 17.9 Å². The summed E-state index contributed by atoms with van der Waals surface area (Å²) in [5.74, 6) is -2.27. The minimum absolute atomic E-state index is 0.337. The molecule has 0 saturated heterocycles. The molecule has 0 bridgehead atoms. The van der Waals surface area contributed by atoms with Gasteiger partial charge in [0, 0.05) is 0 Å². The Hall–Kier alpha value is -1.06. The highest BCUT2D eigenvalue weighted by Crippen LogP contribution is 2.03. The van der Waals surface area contributed by atoms with Crippen molar-refractivity contribution < 1.29 is 19.1 Å². The van der Waals surface area contributed by atoms with E-state index in [2.05, 4.69) is 6.92 Å². The smallest absolute Gasteiger partial charge is 0.320 e. The third-order valence-corrected chi connectivity index (χ3v) is 2.05. The molecular weight excluding hydrogens is 208 g/mol. The first-order valence-corrected chi connectivity index (χ1v) is 5.79. The van der Waals surface area contributed by atoms with Crippen molar-refractivity contribution in [1.82, 2.24) is 0 Å². The zero-order valence-corrected chi connectivity index (χ0v) is 10.2. The summed E-state index contributed by atoms with van der Waals surface area (Å²) in [5.41, 5.74) is 0. The maximum Gasteiger partial charge on any atom is 0.320 e. The fraction of sp³-hybridized carbons (Fsp3) is 0.750. The number of unbranched alkanes of at least 4 members (excludes halogenated alkanes) is 2. The van der Waals surface area contributed by atoms with Gasteiger partial charge in [-0.25, -0.2) is 0 Å². The molecule has 16 heavy (non-hydrogen) atoms. The van der Waals surface area contributed by atoms with Gasteiger partial charge in [0.05, 0.1) is 13.2 Å². The van der Waals surface area contributed by atoms with Crippen molar-refractivity contribution in [3.63, 3.8) is 0 Å². The van der Waals surface area contributed by atoms with Gasteiger partial charge in [-0.2, -0.15) is 0 Å². The van der Waals surface area contributed by atoms with Gasteiger partial charge < -0.3 is 9.47 Å². The summed E-state index contributed by atoms with van der Waals surface area (Å²) in [4.78, 5) is 22.6. The Morgan fingerprint density at radius 3 is 1.69 bits per heavy atom. The minimum atomic E-state index is -1.06. The summed E-state index contributed by atoms with van der Waals surface area (Å²) >= 11 is 0. The highest BCUT2D eigenvalue weighted by Gasteiger charge is 2.24. The van der Waals surface area contributed by atoms with Crippen LogP contribution in [0.1, 0.15) is 39.5 Å². The fourth-order valence-electron chi connectivity index (χ4n) is 0.932. The van der Waals surface area contributed by atoms with Crippen LogP contribution in [0.15, 0.2) is 0 Å². The lowest BCUT2D eigenvalue weighted by Gasteiger charge is -2.10. The van der Waals surface area contributed by atoms with Gasteiger partial charge >= 0.3 is 11.9 Å². The van der Waals surface area contributed by atoms with E-state index in [4.69, 9.17) is 9.47 Å². The highest BCUT2D eigenvalue weighted by atomic mass is 16.6. The van der Waals surface area contributed by atoms with Crippen molar-refractivity contribution in [3.05, 3.63) is 6.92 Å². The second kappa shape index (κ2) is 9.19. The molecule has 0 heterocycles. The number of esters is 2. The third-order valence-electron chi connectivity index (χ3n) is 2.05. The lowest BCUT2D eigenvalue weighted by atomic mass is 10.2. The van der Waals surface area contributed by atoms with Crippen LogP contribution in [0.4, 0.5) is 0 Å². The van der Waals surface area contributed by atoms with E-state index in [9.17, 15) is 9.59 Å². The largest absolute Gasteiger partial charge is 0.465 e. The number of carbonyl (C=O) groups excluding carboxylic acids is 2. The van der Waals surface area contributed by atoms with Crippen molar-refractivity contribution >= 4 is 11.9 Å². The van der Waals surface area contributed by atoms with E-state index >= 15 is 0 Å². The van der Waals surface area contributed by atoms with E-state index in [1.165, 1.54) is 0 Å². The van der Waals surface area contributed by atoms with Crippen molar-refractivity contribution in [3.8, 4) is 0 Å². The van der Waals surface area contributed by atoms with Crippen molar-refractivity contribution in [1.29, 1.82) is 0 Å². The Bertz CT molecular complexity index is 191. The monoisotopic (exact) mass is 229 g/mol. The second-order valence-corrected chi connectivity index (χ2v) is 3.59. The van der Waals surface area contributed by atoms with E-state index in [1.807, 2.05) is 13.8 Å². The molecule has 0 aliphatic rings. The van der Waals surface area contributed by atoms with Crippen LogP contribution in [-0.4, -0.2) is 25.2 Å². The van der Waals surface area contributed by atoms with Crippen LogP contribution >= 0.6 is 0 Å². The molecule has 0 saturated carbocycles. The summed E-state index contributed by atoms with van der Waals surface area (Å²) in [6, 6.07) is 0. The molecule has 0 rings (SSSR count). The first-order valence-electron chi connectivity index (χ1n) is 5.79. The van der Waals surface area contributed by atoms with Gasteiger partial charge in [0.2, 0.25) is 0 Å². The summed E-state index contributed by atoms with van der Waals surface area (Å²) in [6.07, 6.45) is 3.47. The zero-order valence-electron chi connectivity index (χ0n) is 10.2. The maximum atomic E-state index is 11.3. The summed E-state index contributed by atoms with van der Waals surface area (Å²) < 4.78 is 9.74. The second-order valence-electron chi connectivity index (χ2n) is 3.59. The first kappa shape index (κ1) is 14.9. The quantitative estimate of drug-likeness (QED) is 0.363. The fourth-order valence-corrected chi connectivity index (χ4v) is 0.932. The number of carbonyl (C=O) groups is 2. The molecule has 4 nitrogen and oxygen atoms in total. The van der Waals surface area contributed by atoms with Crippen LogP contribution in [0.2, 0.25) is 0 Å².